The molecule has 0 radical (unpaired) electrons. The number of methoxy groups -OCH3 is 1. The Morgan fingerprint density at radius 3 is 1.96 bits per heavy atom. The lowest BCUT2D eigenvalue weighted by molar-refractivity contribution is 0.0600. The molecular weight excluding hydrogens is 368 g/mol. The fourth-order valence-corrected chi connectivity index (χ4v) is 3.60. The average molecular weight is 390 g/mol. The van der Waals surface area contributed by atoms with Gasteiger partial charge >= 0.3 is 5.97 Å². The van der Waals surface area contributed by atoms with Crippen LogP contribution in [0, 0.1) is 0 Å². The Labute approximate surface area is 159 Å². The van der Waals surface area contributed by atoms with Crippen molar-refractivity contribution in [2.24, 2.45) is 0 Å². The predicted octanol–water partition coefficient (Wildman–Crippen LogP) is 2.75. The second-order valence-corrected chi connectivity index (χ2v) is 8.16. The van der Waals surface area contributed by atoms with Crippen LogP contribution in [0.4, 0.5) is 5.69 Å². The molecule has 2 aromatic rings. The van der Waals surface area contributed by atoms with Crippen molar-refractivity contribution in [1.29, 1.82) is 0 Å². The maximum atomic E-state index is 12.4. The van der Waals surface area contributed by atoms with Crippen molar-refractivity contribution in [2.45, 2.75) is 24.8 Å². The van der Waals surface area contributed by atoms with Gasteiger partial charge in [-0.1, -0.05) is 0 Å². The molecule has 0 aliphatic rings. The van der Waals surface area contributed by atoms with Crippen LogP contribution >= 0.6 is 0 Å². The first-order valence-electron chi connectivity index (χ1n) is 8.24. The van der Waals surface area contributed by atoms with Crippen LogP contribution in [0.1, 0.15) is 34.6 Å². The van der Waals surface area contributed by atoms with Crippen molar-refractivity contribution in [3.05, 3.63) is 59.7 Å². The fourth-order valence-electron chi connectivity index (χ4n) is 2.23. The lowest BCUT2D eigenvalue weighted by atomic mass is 10.1. The first kappa shape index (κ1) is 20.6. The third-order valence-corrected chi connectivity index (χ3v) is 6.13. The highest BCUT2D eigenvalue weighted by molar-refractivity contribution is 7.89. The zero-order valence-corrected chi connectivity index (χ0v) is 16.4. The number of carbonyl (C=O) groups is 2. The first-order chi connectivity index (χ1) is 12.7. The summed E-state index contributed by atoms with van der Waals surface area (Å²) in [4.78, 5) is 23.9. The molecule has 27 heavy (non-hydrogen) atoms. The third-order valence-electron chi connectivity index (χ3n) is 4.08. The molecule has 0 atom stereocenters. The summed E-state index contributed by atoms with van der Waals surface area (Å²) >= 11 is 0. The number of anilines is 1. The zero-order chi connectivity index (χ0) is 20.2. The van der Waals surface area contributed by atoms with Crippen LogP contribution < -0.4 is 5.32 Å². The van der Waals surface area contributed by atoms with Gasteiger partial charge in [-0.3, -0.25) is 4.79 Å². The first-order valence-corrected chi connectivity index (χ1v) is 9.68. The van der Waals surface area contributed by atoms with Gasteiger partial charge in [-0.15, -0.1) is 0 Å². The fraction of sp³-hybridized carbons (Fsp3) is 0.263. The Bertz CT molecular complexity index is 920. The third kappa shape index (κ3) is 4.72. The van der Waals surface area contributed by atoms with Gasteiger partial charge in [0.1, 0.15) is 0 Å². The second kappa shape index (κ2) is 8.32. The number of sulfonamides is 1. The van der Waals surface area contributed by atoms with E-state index >= 15 is 0 Å². The van der Waals surface area contributed by atoms with E-state index < -0.39 is 16.0 Å². The highest BCUT2D eigenvalue weighted by Gasteiger charge is 2.22. The van der Waals surface area contributed by atoms with E-state index in [1.807, 2.05) is 0 Å². The minimum atomic E-state index is -3.57. The Balaban J connectivity index is 2.12. The number of ether oxygens (including phenoxy) is 1. The van der Waals surface area contributed by atoms with E-state index in [0.717, 1.165) is 0 Å². The number of hydrogen-bond donors (Lipinski definition) is 1. The van der Waals surface area contributed by atoms with Crippen molar-refractivity contribution < 1.29 is 22.7 Å². The van der Waals surface area contributed by atoms with Gasteiger partial charge in [-0.05, 0) is 62.4 Å². The van der Waals surface area contributed by atoms with E-state index in [4.69, 9.17) is 0 Å². The Hall–Kier alpha value is -2.71. The van der Waals surface area contributed by atoms with E-state index in [9.17, 15) is 18.0 Å². The van der Waals surface area contributed by atoms with Crippen molar-refractivity contribution in [2.75, 3.05) is 19.5 Å². The normalized spacial score (nSPS) is 11.5. The summed E-state index contributed by atoms with van der Waals surface area (Å²) in [6.45, 7) is 3.58. The standard InChI is InChI=1S/C19H22N2O5S/c1-13(2)21(3)27(24,25)17-11-9-16(10-12-17)20-18(22)14-5-7-15(8-6-14)19(23)26-4/h5-13H,1-4H3,(H,20,22). The Kier molecular flexibility index (Phi) is 6.35. The monoisotopic (exact) mass is 390 g/mol. The molecular formula is C19H22N2O5S. The summed E-state index contributed by atoms with van der Waals surface area (Å²) in [6.07, 6.45) is 0. The minimum Gasteiger partial charge on any atom is -0.465 e. The van der Waals surface area contributed by atoms with Gasteiger partial charge in [0.15, 0.2) is 0 Å². The minimum absolute atomic E-state index is 0.152. The Morgan fingerprint density at radius 1 is 0.963 bits per heavy atom. The zero-order valence-electron chi connectivity index (χ0n) is 15.6. The van der Waals surface area contributed by atoms with Gasteiger partial charge in [0.2, 0.25) is 10.0 Å². The molecule has 0 heterocycles. The van der Waals surface area contributed by atoms with Crippen LogP contribution in [0.2, 0.25) is 0 Å². The molecule has 2 aromatic carbocycles. The summed E-state index contributed by atoms with van der Waals surface area (Å²) < 4.78 is 30.8. The molecule has 0 aromatic heterocycles. The van der Waals surface area contributed by atoms with Crippen LogP contribution in [0.5, 0.6) is 0 Å². The molecule has 0 aliphatic heterocycles. The van der Waals surface area contributed by atoms with E-state index in [1.165, 1.54) is 67.0 Å². The lowest BCUT2D eigenvalue weighted by Gasteiger charge is -2.21. The molecule has 0 saturated heterocycles. The van der Waals surface area contributed by atoms with Crippen LogP contribution in [-0.4, -0.2) is 44.8 Å². The summed E-state index contributed by atoms with van der Waals surface area (Å²) in [6, 6.07) is 11.8. The van der Waals surface area contributed by atoms with Crippen LogP contribution in [-0.2, 0) is 14.8 Å². The molecule has 0 spiro atoms. The van der Waals surface area contributed by atoms with Crippen LogP contribution in [0.3, 0.4) is 0 Å². The molecule has 7 nitrogen and oxygen atoms in total. The molecule has 0 aliphatic carbocycles. The maximum Gasteiger partial charge on any atom is 0.337 e. The van der Waals surface area contributed by atoms with Crippen molar-refractivity contribution in [1.82, 2.24) is 4.31 Å². The van der Waals surface area contributed by atoms with Crippen molar-refractivity contribution in [3.63, 3.8) is 0 Å². The summed E-state index contributed by atoms with van der Waals surface area (Å²) in [5, 5.41) is 2.69. The number of esters is 1. The number of nitrogens with one attached hydrogen (secondary N) is 1. The van der Waals surface area contributed by atoms with E-state index in [1.54, 1.807) is 13.8 Å². The van der Waals surface area contributed by atoms with Gasteiger partial charge in [-0.2, -0.15) is 4.31 Å². The van der Waals surface area contributed by atoms with E-state index in [0.29, 0.717) is 16.8 Å². The molecule has 1 N–H and O–H groups in total. The van der Waals surface area contributed by atoms with Gasteiger partial charge < -0.3 is 10.1 Å². The smallest absolute Gasteiger partial charge is 0.337 e. The number of hydrogen-bond acceptors (Lipinski definition) is 5. The summed E-state index contributed by atoms with van der Waals surface area (Å²) in [5.74, 6) is -0.855. The largest absolute Gasteiger partial charge is 0.465 e. The summed E-state index contributed by atoms with van der Waals surface area (Å²) in [5.41, 5.74) is 1.17. The highest BCUT2D eigenvalue weighted by Crippen LogP contribution is 2.19. The number of benzene rings is 2. The van der Waals surface area contributed by atoms with Gasteiger partial charge in [0, 0.05) is 24.3 Å². The van der Waals surface area contributed by atoms with Gasteiger partial charge in [0.05, 0.1) is 17.6 Å². The van der Waals surface area contributed by atoms with Gasteiger partial charge in [0.25, 0.3) is 5.91 Å². The number of amides is 1. The maximum absolute atomic E-state index is 12.4. The van der Waals surface area contributed by atoms with Crippen molar-refractivity contribution in [3.8, 4) is 0 Å². The molecule has 8 heteroatoms. The van der Waals surface area contributed by atoms with Crippen LogP contribution in [0.15, 0.2) is 53.4 Å². The molecule has 0 bridgehead atoms. The molecule has 0 unspecified atom stereocenters. The molecule has 1 amide bonds. The SMILES string of the molecule is COC(=O)c1ccc(C(=O)Nc2ccc(S(=O)(=O)N(C)C(C)C)cc2)cc1. The topological polar surface area (TPSA) is 92.8 Å². The molecule has 0 saturated carbocycles. The second-order valence-electron chi connectivity index (χ2n) is 6.16. The van der Waals surface area contributed by atoms with E-state index in [2.05, 4.69) is 10.1 Å². The Morgan fingerprint density at radius 2 is 1.48 bits per heavy atom. The lowest BCUT2D eigenvalue weighted by Crippen LogP contribution is -2.33. The highest BCUT2D eigenvalue weighted by atomic mass is 32.2. The summed E-state index contributed by atoms with van der Waals surface area (Å²) in [7, 11) is -0.769. The van der Waals surface area contributed by atoms with Crippen LogP contribution in [0.25, 0.3) is 0 Å². The quantitative estimate of drug-likeness (QED) is 0.766. The van der Waals surface area contributed by atoms with Gasteiger partial charge in [-0.25, -0.2) is 13.2 Å². The molecule has 144 valence electrons. The average Bonchev–Trinajstić information content (AvgIpc) is 2.67. The number of rotatable bonds is 6. The van der Waals surface area contributed by atoms with E-state index in [-0.39, 0.29) is 16.8 Å². The predicted molar refractivity (Wildman–Crippen MR) is 102 cm³/mol. The molecule has 2 rings (SSSR count). The van der Waals surface area contributed by atoms with Crippen molar-refractivity contribution >= 4 is 27.6 Å². The number of carbonyl (C=O) groups excluding carboxylic acids is 2. The molecule has 0 fully saturated rings. The number of nitrogens with zero attached hydrogens (tertiary/aromatic N) is 1.